The molecular formula is C24H26O3. The quantitative estimate of drug-likeness (QED) is 0.680. The van der Waals surface area contributed by atoms with E-state index in [1.54, 1.807) is 6.08 Å². The molecular weight excluding hydrogens is 336 g/mol. The number of rotatable bonds is 6. The van der Waals surface area contributed by atoms with Crippen molar-refractivity contribution < 1.29 is 14.6 Å². The second kappa shape index (κ2) is 7.22. The van der Waals surface area contributed by atoms with Crippen LogP contribution in [0, 0.1) is 6.92 Å². The molecule has 3 nitrogen and oxygen atoms in total. The molecule has 0 amide bonds. The summed E-state index contributed by atoms with van der Waals surface area (Å²) in [5.74, 6) is 0.162. The Kier molecular flexibility index (Phi) is 4.77. The van der Waals surface area contributed by atoms with Gasteiger partial charge in [0.05, 0.1) is 12.5 Å². The van der Waals surface area contributed by atoms with Crippen molar-refractivity contribution in [1.29, 1.82) is 0 Å². The minimum absolute atomic E-state index is 0.436. The SMILES string of the molecule is C=CCC(C(=O)O)c1c(C)ccc(C2CC2)c1-c1ccc2c(c1)CCCO2. The van der Waals surface area contributed by atoms with Crippen LogP contribution in [-0.4, -0.2) is 17.7 Å². The Hall–Kier alpha value is -2.55. The Labute approximate surface area is 160 Å². The van der Waals surface area contributed by atoms with Gasteiger partial charge in [-0.1, -0.05) is 24.3 Å². The molecule has 1 fully saturated rings. The maximum Gasteiger partial charge on any atom is 0.311 e. The number of ether oxygens (including phenoxy) is 1. The van der Waals surface area contributed by atoms with E-state index in [0.717, 1.165) is 47.5 Å². The largest absolute Gasteiger partial charge is 0.493 e. The Balaban J connectivity index is 1.93. The van der Waals surface area contributed by atoms with Gasteiger partial charge in [-0.15, -0.1) is 6.58 Å². The van der Waals surface area contributed by atoms with Crippen molar-refractivity contribution >= 4 is 5.97 Å². The molecule has 1 saturated carbocycles. The fraction of sp³-hybridized carbons (Fsp3) is 0.375. The summed E-state index contributed by atoms with van der Waals surface area (Å²) in [5, 5.41) is 9.92. The molecule has 1 aliphatic carbocycles. The fourth-order valence-corrected chi connectivity index (χ4v) is 4.27. The Morgan fingerprint density at radius 2 is 2.15 bits per heavy atom. The van der Waals surface area contributed by atoms with Crippen LogP contribution in [0.3, 0.4) is 0 Å². The summed E-state index contributed by atoms with van der Waals surface area (Å²) in [7, 11) is 0. The van der Waals surface area contributed by atoms with E-state index >= 15 is 0 Å². The molecule has 2 aromatic rings. The van der Waals surface area contributed by atoms with E-state index < -0.39 is 11.9 Å². The standard InChI is InChI=1S/C24H26O3/c1-3-5-20(24(25)26)22-15(2)7-11-19(16-8-9-16)23(22)18-10-12-21-17(14-18)6-4-13-27-21/h3,7,10-12,14,16,20H,1,4-6,8-9,13H2,2H3,(H,25,26). The highest BCUT2D eigenvalue weighted by Crippen LogP contribution is 2.48. The zero-order valence-corrected chi connectivity index (χ0v) is 15.8. The van der Waals surface area contributed by atoms with Crippen molar-refractivity contribution in [2.45, 2.75) is 50.9 Å². The summed E-state index contributed by atoms with van der Waals surface area (Å²) >= 11 is 0. The van der Waals surface area contributed by atoms with Gasteiger partial charge in [0.2, 0.25) is 0 Å². The summed E-state index contributed by atoms with van der Waals surface area (Å²) in [6.07, 6.45) is 6.56. The van der Waals surface area contributed by atoms with E-state index in [0.29, 0.717) is 12.3 Å². The summed E-state index contributed by atoms with van der Waals surface area (Å²) in [6, 6.07) is 10.7. The summed E-state index contributed by atoms with van der Waals surface area (Å²) in [6.45, 7) is 6.59. The highest BCUT2D eigenvalue weighted by Gasteiger charge is 2.32. The molecule has 27 heavy (non-hydrogen) atoms. The maximum absolute atomic E-state index is 12.1. The van der Waals surface area contributed by atoms with E-state index in [2.05, 4.69) is 36.9 Å². The number of carboxylic acids is 1. The molecule has 0 saturated heterocycles. The van der Waals surface area contributed by atoms with Gasteiger partial charge in [-0.2, -0.15) is 0 Å². The van der Waals surface area contributed by atoms with Crippen molar-refractivity contribution in [3.63, 3.8) is 0 Å². The normalized spacial score (nSPS) is 16.9. The molecule has 140 valence electrons. The van der Waals surface area contributed by atoms with Crippen molar-refractivity contribution in [2.75, 3.05) is 6.61 Å². The van der Waals surface area contributed by atoms with Gasteiger partial charge >= 0.3 is 5.97 Å². The second-order valence-electron chi connectivity index (χ2n) is 7.72. The van der Waals surface area contributed by atoms with E-state index in [1.165, 1.54) is 24.0 Å². The number of hydrogen-bond acceptors (Lipinski definition) is 2. The molecule has 3 heteroatoms. The third kappa shape index (κ3) is 3.39. The van der Waals surface area contributed by atoms with Crippen LogP contribution < -0.4 is 4.74 Å². The van der Waals surface area contributed by atoms with Gasteiger partial charge in [0.1, 0.15) is 5.75 Å². The highest BCUT2D eigenvalue weighted by atomic mass is 16.5. The Bertz CT molecular complexity index is 893. The summed E-state index contributed by atoms with van der Waals surface area (Å²) < 4.78 is 5.78. The van der Waals surface area contributed by atoms with Gasteiger partial charge in [-0.25, -0.2) is 0 Å². The van der Waals surface area contributed by atoms with Crippen molar-refractivity contribution in [1.82, 2.24) is 0 Å². The lowest BCUT2D eigenvalue weighted by Gasteiger charge is -2.24. The first-order valence-corrected chi connectivity index (χ1v) is 9.83. The lowest BCUT2D eigenvalue weighted by Crippen LogP contribution is -2.15. The number of hydrogen-bond donors (Lipinski definition) is 1. The monoisotopic (exact) mass is 362 g/mol. The molecule has 1 aliphatic heterocycles. The van der Waals surface area contributed by atoms with E-state index in [-0.39, 0.29) is 0 Å². The predicted octanol–water partition coefficient (Wildman–Crippen LogP) is 5.61. The average molecular weight is 362 g/mol. The minimum Gasteiger partial charge on any atom is -0.493 e. The zero-order valence-electron chi connectivity index (χ0n) is 15.8. The van der Waals surface area contributed by atoms with Gasteiger partial charge < -0.3 is 9.84 Å². The molecule has 0 radical (unpaired) electrons. The third-order valence-corrected chi connectivity index (χ3v) is 5.76. The zero-order chi connectivity index (χ0) is 19.0. The number of carbonyl (C=O) groups is 1. The predicted molar refractivity (Wildman–Crippen MR) is 108 cm³/mol. The average Bonchev–Trinajstić information content (AvgIpc) is 3.51. The van der Waals surface area contributed by atoms with E-state index in [9.17, 15) is 9.90 Å². The Morgan fingerprint density at radius 1 is 1.33 bits per heavy atom. The topological polar surface area (TPSA) is 46.5 Å². The highest BCUT2D eigenvalue weighted by molar-refractivity contribution is 5.84. The molecule has 0 bridgehead atoms. The third-order valence-electron chi connectivity index (χ3n) is 5.76. The number of aryl methyl sites for hydroxylation is 2. The van der Waals surface area contributed by atoms with Crippen molar-refractivity contribution in [3.8, 4) is 16.9 Å². The molecule has 4 rings (SSSR count). The number of allylic oxidation sites excluding steroid dienone is 1. The van der Waals surface area contributed by atoms with Gasteiger partial charge in [-0.3, -0.25) is 4.79 Å². The van der Waals surface area contributed by atoms with Gasteiger partial charge in [-0.05, 0) is 90.5 Å². The van der Waals surface area contributed by atoms with Crippen LogP contribution in [0.1, 0.15) is 59.8 Å². The number of fused-ring (bicyclic) bond motifs is 1. The van der Waals surface area contributed by atoms with Gasteiger partial charge in [0.15, 0.2) is 0 Å². The van der Waals surface area contributed by atoms with Crippen LogP contribution in [-0.2, 0) is 11.2 Å². The van der Waals surface area contributed by atoms with Crippen LogP contribution in [0.5, 0.6) is 5.75 Å². The van der Waals surface area contributed by atoms with E-state index in [1.807, 2.05) is 6.92 Å². The van der Waals surface area contributed by atoms with Crippen LogP contribution >= 0.6 is 0 Å². The molecule has 0 aromatic heterocycles. The van der Waals surface area contributed by atoms with Crippen LogP contribution in [0.4, 0.5) is 0 Å². The molecule has 1 atom stereocenters. The summed E-state index contributed by atoms with van der Waals surface area (Å²) in [5.41, 5.74) is 6.75. The smallest absolute Gasteiger partial charge is 0.311 e. The number of benzene rings is 2. The maximum atomic E-state index is 12.1. The second-order valence-corrected chi connectivity index (χ2v) is 7.72. The molecule has 1 unspecified atom stereocenters. The number of carboxylic acid groups (broad SMARTS) is 1. The van der Waals surface area contributed by atoms with Crippen molar-refractivity contribution in [3.05, 3.63) is 65.2 Å². The first kappa shape index (κ1) is 17.8. The van der Waals surface area contributed by atoms with Crippen LogP contribution in [0.2, 0.25) is 0 Å². The van der Waals surface area contributed by atoms with Gasteiger partial charge in [0, 0.05) is 0 Å². The fourth-order valence-electron chi connectivity index (χ4n) is 4.27. The molecule has 2 aliphatic rings. The lowest BCUT2D eigenvalue weighted by atomic mass is 9.81. The van der Waals surface area contributed by atoms with Crippen molar-refractivity contribution in [2.24, 2.45) is 0 Å². The molecule has 0 spiro atoms. The van der Waals surface area contributed by atoms with Gasteiger partial charge in [0.25, 0.3) is 0 Å². The van der Waals surface area contributed by atoms with Crippen LogP contribution in [0.15, 0.2) is 43.0 Å². The lowest BCUT2D eigenvalue weighted by molar-refractivity contribution is -0.138. The minimum atomic E-state index is -0.784. The summed E-state index contributed by atoms with van der Waals surface area (Å²) in [4.78, 5) is 12.1. The first-order chi connectivity index (χ1) is 13.1. The first-order valence-electron chi connectivity index (χ1n) is 9.83. The molecule has 1 N–H and O–H groups in total. The Morgan fingerprint density at radius 3 is 2.85 bits per heavy atom. The van der Waals surface area contributed by atoms with E-state index in [4.69, 9.17) is 4.74 Å². The number of aliphatic carboxylic acids is 1. The molecule has 2 aromatic carbocycles. The molecule has 1 heterocycles. The van der Waals surface area contributed by atoms with Crippen LogP contribution in [0.25, 0.3) is 11.1 Å².